The summed E-state index contributed by atoms with van der Waals surface area (Å²) in [6.45, 7) is 3.96. The molecule has 4 aromatic rings. The summed E-state index contributed by atoms with van der Waals surface area (Å²) >= 11 is 5.86. The topological polar surface area (TPSA) is 126 Å². The van der Waals surface area contributed by atoms with E-state index >= 15 is 0 Å². The number of methoxy groups -OCH3 is 1. The second-order valence-corrected chi connectivity index (χ2v) is 11.9. The quantitative estimate of drug-likeness (QED) is 0.249. The highest BCUT2D eigenvalue weighted by Crippen LogP contribution is 2.45. The summed E-state index contributed by atoms with van der Waals surface area (Å²) in [5.41, 5.74) is 5.52. The van der Waals surface area contributed by atoms with Crippen molar-refractivity contribution in [2.45, 2.75) is 25.9 Å². The molecule has 0 spiro atoms. The Kier molecular flexibility index (Phi) is 7.45. The predicted octanol–water partition coefficient (Wildman–Crippen LogP) is 4.74. The van der Waals surface area contributed by atoms with Gasteiger partial charge in [0, 0.05) is 35.0 Å². The number of benzene rings is 2. The Hall–Kier alpha value is -4.42. The number of hydrogen-bond donors (Lipinski definition) is 3. The number of ether oxygens (including phenoxy) is 1. The first-order chi connectivity index (χ1) is 19.5. The Morgan fingerprint density at radius 3 is 2.51 bits per heavy atom. The van der Waals surface area contributed by atoms with E-state index in [0.717, 1.165) is 34.6 Å². The lowest BCUT2D eigenvalue weighted by atomic mass is 9.96. The summed E-state index contributed by atoms with van der Waals surface area (Å²) in [5.74, 6) is -0.657. The zero-order valence-corrected chi connectivity index (χ0v) is 24.5. The molecular formula is C29H29N5O5S2. The number of anilines is 2. The van der Waals surface area contributed by atoms with Crippen LogP contribution in [0.2, 0.25) is 0 Å². The number of rotatable bonds is 8. The van der Waals surface area contributed by atoms with E-state index in [1.807, 2.05) is 47.6 Å². The zero-order valence-electron chi connectivity index (χ0n) is 22.8. The number of sulfonamides is 1. The second-order valence-electron chi connectivity index (χ2n) is 9.77. The lowest BCUT2D eigenvalue weighted by Crippen LogP contribution is -2.29. The third-order valence-electron chi connectivity index (χ3n) is 7.00. The molecule has 1 saturated heterocycles. The number of aryl methyl sites for hydroxylation is 1. The Labute approximate surface area is 243 Å². The molecule has 2 aromatic carbocycles. The van der Waals surface area contributed by atoms with Crippen molar-refractivity contribution in [3.63, 3.8) is 0 Å². The molecule has 41 heavy (non-hydrogen) atoms. The van der Waals surface area contributed by atoms with E-state index in [4.69, 9.17) is 17.0 Å². The third kappa shape index (κ3) is 5.48. The van der Waals surface area contributed by atoms with Crippen LogP contribution in [0.15, 0.2) is 72.9 Å². The maximum atomic E-state index is 11.9. The largest absolute Gasteiger partial charge is 0.494 e. The van der Waals surface area contributed by atoms with Crippen LogP contribution in [-0.4, -0.2) is 47.5 Å². The molecule has 1 fully saturated rings. The molecule has 2 aromatic heterocycles. The fourth-order valence-corrected chi connectivity index (χ4v) is 6.24. The van der Waals surface area contributed by atoms with Crippen molar-refractivity contribution in [3.05, 3.63) is 101 Å². The van der Waals surface area contributed by atoms with Gasteiger partial charge in [-0.15, -0.1) is 0 Å². The van der Waals surface area contributed by atoms with Gasteiger partial charge in [0.25, 0.3) is 0 Å². The Balaban J connectivity index is 1.67. The molecule has 212 valence electrons. The van der Waals surface area contributed by atoms with Crippen LogP contribution in [0.5, 0.6) is 5.75 Å². The molecule has 3 heterocycles. The average molecular weight is 592 g/mol. The van der Waals surface area contributed by atoms with E-state index < -0.39 is 16.0 Å². The van der Waals surface area contributed by atoms with Crippen LogP contribution in [-0.2, 0) is 10.0 Å². The first-order valence-corrected chi connectivity index (χ1v) is 15.0. The van der Waals surface area contributed by atoms with Gasteiger partial charge in [0.15, 0.2) is 5.11 Å². The van der Waals surface area contributed by atoms with E-state index in [1.54, 1.807) is 42.6 Å². The van der Waals surface area contributed by atoms with Gasteiger partial charge in [0.05, 0.1) is 42.4 Å². The fourth-order valence-electron chi connectivity index (χ4n) is 5.33. The monoisotopic (exact) mass is 591 g/mol. The molecule has 12 heteroatoms. The van der Waals surface area contributed by atoms with Crippen molar-refractivity contribution >= 4 is 44.7 Å². The minimum absolute atomic E-state index is 0.197. The van der Waals surface area contributed by atoms with Crippen LogP contribution in [0.3, 0.4) is 0 Å². The number of hydrogen-bond acceptors (Lipinski definition) is 6. The lowest BCUT2D eigenvalue weighted by Gasteiger charge is -2.29. The van der Waals surface area contributed by atoms with Crippen molar-refractivity contribution in [3.8, 4) is 11.4 Å². The first-order valence-electron chi connectivity index (χ1n) is 12.7. The van der Waals surface area contributed by atoms with Gasteiger partial charge in [-0.3, -0.25) is 9.71 Å². The number of thiocarbonyl (C=S) groups is 1. The highest BCUT2D eigenvalue weighted by atomic mass is 32.2. The van der Waals surface area contributed by atoms with Gasteiger partial charge in [-0.05, 0) is 80.2 Å². The summed E-state index contributed by atoms with van der Waals surface area (Å²) < 4.78 is 33.8. The van der Waals surface area contributed by atoms with E-state index in [-0.39, 0.29) is 17.6 Å². The average Bonchev–Trinajstić information content (AvgIpc) is 3.43. The highest BCUT2D eigenvalue weighted by molar-refractivity contribution is 7.92. The maximum Gasteiger partial charge on any atom is 0.335 e. The highest BCUT2D eigenvalue weighted by Gasteiger charge is 2.42. The molecule has 10 nitrogen and oxygen atoms in total. The van der Waals surface area contributed by atoms with Gasteiger partial charge in [-0.1, -0.05) is 12.1 Å². The molecule has 1 aliphatic rings. The number of carbonyl (C=O) groups is 1. The number of carboxylic acid groups (broad SMARTS) is 1. The normalized spacial score (nSPS) is 16.9. The van der Waals surface area contributed by atoms with Gasteiger partial charge < -0.3 is 24.6 Å². The molecule has 0 bridgehead atoms. The summed E-state index contributed by atoms with van der Waals surface area (Å²) in [6, 6.07) is 19.1. The number of aromatic carboxylic acids is 1. The molecule has 0 radical (unpaired) electrons. The molecule has 5 rings (SSSR count). The number of nitrogens with one attached hydrogen (secondary N) is 2. The number of pyridine rings is 1. The van der Waals surface area contributed by atoms with Crippen molar-refractivity contribution in [2.24, 2.45) is 0 Å². The van der Waals surface area contributed by atoms with Crippen LogP contribution >= 0.6 is 12.2 Å². The molecule has 0 amide bonds. The summed E-state index contributed by atoms with van der Waals surface area (Å²) in [5, 5.41) is 13.5. The lowest BCUT2D eigenvalue weighted by molar-refractivity contribution is 0.0697. The first kappa shape index (κ1) is 28.1. The second kappa shape index (κ2) is 10.9. The van der Waals surface area contributed by atoms with Crippen LogP contribution < -0.4 is 19.7 Å². The Morgan fingerprint density at radius 2 is 1.85 bits per heavy atom. The van der Waals surface area contributed by atoms with Crippen LogP contribution in [0.1, 0.15) is 45.1 Å². The zero-order chi connectivity index (χ0) is 29.5. The molecular weight excluding hydrogens is 562 g/mol. The van der Waals surface area contributed by atoms with Gasteiger partial charge >= 0.3 is 5.97 Å². The van der Waals surface area contributed by atoms with E-state index in [9.17, 15) is 18.3 Å². The molecule has 0 aliphatic carbocycles. The minimum atomic E-state index is -3.52. The smallest absolute Gasteiger partial charge is 0.335 e. The van der Waals surface area contributed by atoms with Crippen molar-refractivity contribution < 1.29 is 23.1 Å². The van der Waals surface area contributed by atoms with Gasteiger partial charge in [-0.2, -0.15) is 0 Å². The SMILES string of the molecule is COc1cc(N2C(=S)N[C@@H](c3ccccn3)[C@H]2c2cc(C)n(-c3cccc(C(=O)O)c3)c2C)ccc1NS(C)(=O)=O. The molecule has 2 atom stereocenters. The van der Waals surface area contributed by atoms with Gasteiger partial charge in [0.2, 0.25) is 10.0 Å². The van der Waals surface area contributed by atoms with Crippen molar-refractivity contribution in [2.75, 3.05) is 23.0 Å². The summed E-state index contributed by atoms with van der Waals surface area (Å²) in [4.78, 5) is 18.3. The minimum Gasteiger partial charge on any atom is -0.494 e. The maximum absolute atomic E-state index is 11.9. The number of aromatic nitrogens is 2. The third-order valence-corrected chi connectivity index (χ3v) is 7.90. The van der Waals surface area contributed by atoms with Crippen LogP contribution in [0.25, 0.3) is 5.69 Å². The van der Waals surface area contributed by atoms with Gasteiger partial charge in [0.1, 0.15) is 5.75 Å². The fraction of sp³-hybridized carbons (Fsp3) is 0.207. The standard InChI is InChI=1S/C29H29N5O5S2/c1-17-14-22(18(2)33(17)20-9-7-8-19(15-20)28(35)36)27-26(24-10-5-6-13-30-24)31-29(40)34(27)21-11-12-23(25(16-21)39-3)32-41(4,37)38/h5-16,26-27,32H,1-4H3,(H,31,40)(H,35,36)/t26-,27+/m0/s1. The molecule has 3 N–H and O–H groups in total. The van der Waals surface area contributed by atoms with Crippen molar-refractivity contribution in [1.29, 1.82) is 0 Å². The van der Waals surface area contributed by atoms with E-state index in [2.05, 4.69) is 21.1 Å². The van der Waals surface area contributed by atoms with Crippen molar-refractivity contribution in [1.82, 2.24) is 14.9 Å². The molecule has 0 saturated carbocycles. The number of nitrogens with zero attached hydrogens (tertiary/aromatic N) is 3. The predicted molar refractivity (Wildman–Crippen MR) is 162 cm³/mol. The molecule has 0 unspecified atom stereocenters. The Bertz CT molecular complexity index is 1750. The van der Waals surface area contributed by atoms with E-state index in [0.29, 0.717) is 22.2 Å². The molecule has 1 aliphatic heterocycles. The summed E-state index contributed by atoms with van der Waals surface area (Å²) in [7, 11) is -2.05. The van der Waals surface area contributed by atoms with Crippen LogP contribution in [0, 0.1) is 13.8 Å². The number of carboxylic acids is 1. The van der Waals surface area contributed by atoms with Crippen LogP contribution in [0.4, 0.5) is 11.4 Å². The summed E-state index contributed by atoms with van der Waals surface area (Å²) in [6.07, 6.45) is 2.81. The van der Waals surface area contributed by atoms with Gasteiger partial charge in [-0.25, -0.2) is 13.2 Å². The Morgan fingerprint density at radius 1 is 1.07 bits per heavy atom. The van der Waals surface area contributed by atoms with E-state index in [1.165, 1.54) is 7.11 Å².